The Morgan fingerprint density at radius 3 is 2.58 bits per heavy atom. The van der Waals surface area contributed by atoms with Gasteiger partial charge in [-0.25, -0.2) is 13.2 Å². The third-order valence-corrected chi connectivity index (χ3v) is 6.74. The van der Waals surface area contributed by atoms with Gasteiger partial charge in [-0.1, -0.05) is 23.8 Å². The van der Waals surface area contributed by atoms with Crippen LogP contribution in [-0.2, 0) is 10.0 Å². The number of nitrogens with zero attached hydrogens (tertiary/aromatic N) is 1. The summed E-state index contributed by atoms with van der Waals surface area (Å²) in [5, 5.41) is 8.91. The van der Waals surface area contributed by atoms with E-state index in [4.69, 9.17) is 16.7 Å². The minimum Gasteiger partial charge on any atom is -0.478 e. The van der Waals surface area contributed by atoms with Crippen LogP contribution in [0.15, 0.2) is 22.4 Å². The molecule has 0 amide bonds. The van der Waals surface area contributed by atoms with Gasteiger partial charge in [0.15, 0.2) is 0 Å². The molecular weight excluding hydrogens is 310 g/mol. The van der Waals surface area contributed by atoms with Crippen LogP contribution in [0.1, 0.15) is 24.2 Å². The van der Waals surface area contributed by atoms with Crippen LogP contribution >= 0.6 is 22.9 Å². The zero-order chi connectivity index (χ0) is 14.4. The average Bonchev–Trinajstić information content (AvgIpc) is 2.81. The average molecular weight is 322 g/mol. The van der Waals surface area contributed by atoms with Crippen LogP contribution in [0, 0.1) is 0 Å². The van der Waals surface area contributed by atoms with Gasteiger partial charge in [-0.3, -0.25) is 0 Å². The lowest BCUT2D eigenvalue weighted by Crippen LogP contribution is -2.42. The van der Waals surface area contributed by atoms with E-state index in [9.17, 15) is 13.2 Å². The molecule has 0 spiro atoms. The smallest absolute Gasteiger partial charge is 0.338 e. The molecule has 1 aromatic heterocycles. The molecule has 2 rings (SSSR count). The van der Waals surface area contributed by atoms with Crippen molar-refractivity contribution in [1.29, 1.82) is 0 Å². The highest BCUT2D eigenvalue weighted by molar-refractivity contribution is 7.91. The molecule has 0 saturated heterocycles. The van der Waals surface area contributed by atoms with Gasteiger partial charge in [0.2, 0.25) is 0 Å². The maximum atomic E-state index is 12.5. The quantitative estimate of drug-likeness (QED) is 0.868. The highest BCUT2D eigenvalue weighted by atomic mass is 35.5. The molecule has 0 fully saturated rings. The number of rotatable bonds is 3. The van der Waals surface area contributed by atoms with Crippen LogP contribution in [0.5, 0.6) is 0 Å². The molecule has 0 unspecified atom stereocenters. The zero-order valence-electron chi connectivity index (χ0n) is 10.3. The van der Waals surface area contributed by atoms with E-state index < -0.39 is 21.5 Å². The molecule has 1 aliphatic heterocycles. The molecule has 1 aromatic rings. The van der Waals surface area contributed by atoms with E-state index in [0.717, 1.165) is 17.4 Å². The summed E-state index contributed by atoms with van der Waals surface area (Å²) in [5.74, 6) is -1.23. The second-order valence-electron chi connectivity index (χ2n) is 4.65. The van der Waals surface area contributed by atoms with E-state index in [2.05, 4.69) is 0 Å². The Bertz CT molecular complexity index is 660. The first-order valence-corrected chi connectivity index (χ1v) is 8.03. The third-order valence-electron chi connectivity index (χ3n) is 2.88. The van der Waals surface area contributed by atoms with Crippen molar-refractivity contribution in [3.63, 3.8) is 0 Å². The second-order valence-corrected chi connectivity index (χ2v) is 8.39. The molecule has 0 aromatic carbocycles. The molecule has 5 nitrogen and oxygen atoms in total. The molecule has 0 bridgehead atoms. The van der Waals surface area contributed by atoms with Gasteiger partial charge in [0.1, 0.15) is 8.55 Å². The zero-order valence-corrected chi connectivity index (χ0v) is 12.6. The van der Waals surface area contributed by atoms with E-state index in [1.165, 1.54) is 4.31 Å². The lowest BCUT2D eigenvalue weighted by atomic mass is 10.1. The summed E-state index contributed by atoms with van der Waals surface area (Å²) >= 11 is 6.53. The number of thiophene rings is 1. The maximum Gasteiger partial charge on any atom is 0.338 e. The fraction of sp³-hybridized carbons (Fsp3) is 0.364. The van der Waals surface area contributed by atoms with Crippen molar-refractivity contribution in [2.24, 2.45) is 0 Å². The Morgan fingerprint density at radius 1 is 1.53 bits per heavy atom. The molecule has 1 aliphatic rings. The highest BCUT2D eigenvalue weighted by Crippen LogP contribution is 2.36. The van der Waals surface area contributed by atoms with Gasteiger partial charge in [-0.05, 0) is 19.9 Å². The topological polar surface area (TPSA) is 74.7 Å². The maximum absolute atomic E-state index is 12.5. The Labute approximate surface area is 120 Å². The fourth-order valence-corrected chi connectivity index (χ4v) is 5.41. The lowest BCUT2D eigenvalue weighted by molar-refractivity contribution is 0.0697. The second kappa shape index (κ2) is 4.59. The van der Waals surface area contributed by atoms with Gasteiger partial charge in [0.25, 0.3) is 10.0 Å². The monoisotopic (exact) mass is 321 g/mol. The van der Waals surface area contributed by atoms with Crippen molar-refractivity contribution in [3.05, 3.63) is 28.1 Å². The Morgan fingerprint density at radius 2 is 2.16 bits per heavy atom. The molecule has 1 N–H and O–H groups in total. The van der Waals surface area contributed by atoms with Gasteiger partial charge in [0.05, 0.1) is 5.56 Å². The van der Waals surface area contributed by atoms with Gasteiger partial charge in [0, 0.05) is 12.1 Å². The van der Waals surface area contributed by atoms with Crippen molar-refractivity contribution in [2.45, 2.75) is 23.6 Å². The lowest BCUT2D eigenvalue weighted by Gasteiger charge is -2.29. The molecule has 0 saturated carbocycles. The number of sulfonamides is 1. The van der Waals surface area contributed by atoms with Crippen molar-refractivity contribution in [3.8, 4) is 0 Å². The summed E-state index contributed by atoms with van der Waals surface area (Å²) in [6, 6.07) is 1.11. The van der Waals surface area contributed by atoms with E-state index in [-0.39, 0.29) is 20.7 Å². The fourth-order valence-electron chi connectivity index (χ4n) is 1.89. The van der Waals surface area contributed by atoms with Crippen LogP contribution in [0.4, 0.5) is 0 Å². The van der Waals surface area contributed by atoms with Gasteiger partial charge in [-0.2, -0.15) is 4.31 Å². The van der Waals surface area contributed by atoms with Crippen molar-refractivity contribution >= 4 is 38.9 Å². The van der Waals surface area contributed by atoms with Crippen molar-refractivity contribution in [1.82, 2.24) is 4.31 Å². The van der Waals surface area contributed by atoms with Crippen molar-refractivity contribution < 1.29 is 18.3 Å². The van der Waals surface area contributed by atoms with Crippen molar-refractivity contribution in [2.75, 3.05) is 6.54 Å². The molecular formula is C11H12ClNO4S2. The first-order chi connectivity index (χ1) is 8.66. The largest absolute Gasteiger partial charge is 0.478 e. The molecule has 0 radical (unpaired) electrons. The van der Waals surface area contributed by atoms with E-state index in [0.29, 0.717) is 0 Å². The number of carboxylic acids is 1. The van der Waals surface area contributed by atoms with Crippen LogP contribution in [-0.4, -0.2) is 35.9 Å². The predicted molar refractivity (Wildman–Crippen MR) is 73.4 cm³/mol. The number of carboxylic acid groups (broad SMARTS) is 1. The molecule has 0 atom stereocenters. The number of hydrogen-bond acceptors (Lipinski definition) is 4. The SMILES string of the molecule is CC1(C)C=CCN1S(=O)(=O)c1cc(C(=O)O)c(Cl)s1. The molecule has 0 aliphatic carbocycles. The van der Waals surface area contributed by atoms with E-state index in [1.807, 2.05) is 0 Å². The summed E-state index contributed by atoms with van der Waals surface area (Å²) in [5.41, 5.74) is -0.811. The minimum absolute atomic E-state index is 0.0314. The van der Waals surface area contributed by atoms with Gasteiger partial charge < -0.3 is 5.11 Å². The summed E-state index contributed by atoms with van der Waals surface area (Å²) in [4.78, 5) is 10.9. The van der Waals surface area contributed by atoms with Gasteiger partial charge >= 0.3 is 5.97 Å². The van der Waals surface area contributed by atoms with Crippen LogP contribution in [0.2, 0.25) is 4.34 Å². The summed E-state index contributed by atoms with van der Waals surface area (Å²) in [6.07, 6.45) is 3.57. The van der Waals surface area contributed by atoms with E-state index in [1.54, 1.807) is 26.0 Å². The minimum atomic E-state index is -3.74. The number of hydrogen-bond donors (Lipinski definition) is 1. The standard InChI is InChI=1S/C11H12ClNO4S2/c1-11(2)4-3-5-13(11)19(16,17)8-6-7(10(14)15)9(12)18-8/h3-4,6H,5H2,1-2H3,(H,14,15). The predicted octanol–water partition coefficient (Wildman–Crippen LogP) is 2.44. The normalized spacial score (nSPS) is 18.9. The Balaban J connectivity index is 2.47. The van der Waals surface area contributed by atoms with Crippen LogP contribution < -0.4 is 0 Å². The number of carbonyl (C=O) groups is 1. The highest BCUT2D eigenvalue weighted by Gasteiger charge is 2.39. The number of aromatic carboxylic acids is 1. The summed E-state index contributed by atoms with van der Waals surface area (Å²) in [7, 11) is -3.74. The van der Waals surface area contributed by atoms with E-state index >= 15 is 0 Å². The Hall–Kier alpha value is -0.890. The van der Waals surface area contributed by atoms with Gasteiger partial charge in [-0.15, -0.1) is 11.3 Å². The molecule has 2 heterocycles. The first-order valence-electron chi connectivity index (χ1n) is 5.39. The van der Waals surface area contributed by atoms with Crippen LogP contribution in [0.25, 0.3) is 0 Å². The molecule has 8 heteroatoms. The van der Waals surface area contributed by atoms with Crippen LogP contribution in [0.3, 0.4) is 0 Å². The summed E-state index contributed by atoms with van der Waals surface area (Å²) < 4.78 is 26.2. The Kier molecular flexibility index (Phi) is 3.51. The number of halogens is 1. The summed E-state index contributed by atoms with van der Waals surface area (Å²) in [6.45, 7) is 3.83. The third kappa shape index (κ3) is 2.43. The molecule has 19 heavy (non-hydrogen) atoms. The molecule has 104 valence electrons. The first kappa shape index (κ1) is 14.5.